The van der Waals surface area contributed by atoms with E-state index in [-0.39, 0.29) is 60.5 Å². The molecule has 0 fully saturated rings. The van der Waals surface area contributed by atoms with E-state index >= 15 is 0 Å². The largest absolute Gasteiger partial charge is 0.507 e. The van der Waals surface area contributed by atoms with Gasteiger partial charge in [-0.05, 0) is 91.2 Å². The van der Waals surface area contributed by atoms with E-state index in [1.54, 1.807) is 0 Å². The van der Waals surface area contributed by atoms with E-state index in [4.69, 9.17) is 16.0 Å². The molecule has 4 nitrogen and oxygen atoms in total. The average Bonchev–Trinajstić information content (AvgIpc) is 3.70. The maximum Gasteiger partial charge on any atom is 0.148 e. The Morgan fingerprint density at radius 3 is 1.88 bits per heavy atom. The number of aromatic hydroxyl groups is 1. The van der Waals surface area contributed by atoms with Crippen LogP contribution in [0.2, 0.25) is 0 Å². The SMILES string of the molecule is [2H]c1nc(-c2[c-]c(-c3cccc4c3nc(-c3cc(C(C)(C)C)cc(C(C)(C)C)c3O)n4-c3ccc(C([2H])(C)C)cc3-c3ccc(C(C)(C)C)cc3)cc(C(C)(C)C)c2)c([2H])c(-c2c([2H])c([2H])c([2H])c([2H])c2[2H])c1[2H].[Pt]. The Hall–Kier alpha value is -5.57. The van der Waals surface area contributed by atoms with Crippen LogP contribution in [0, 0.1) is 6.07 Å². The van der Waals surface area contributed by atoms with E-state index in [1.165, 1.54) is 5.56 Å². The van der Waals surface area contributed by atoms with Crippen LogP contribution in [-0.4, -0.2) is 19.6 Å². The van der Waals surface area contributed by atoms with E-state index in [9.17, 15) is 6.48 Å². The number of fused-ring (bicyclic) bond motifs is 1. The van der Waals surface area contributed by atoms with Crippen molar-refractivity contribution in [2.75, 3.05) is 0 Å². The molecule has 0 saturated heterocycles. The van der Waals surface area contributed by atoms with Gasteiger partial charge in [0, 0.05) is 45.4 Å². The summed E-state index contributed by atoms with van der Waals surface area (Å²) in [6.45, 7) is 29.2. The minimum atomic E-state index is -0.927. The summed E-state index contributed by atoms with van der Waals surface area (Å²) < 4.78 is 81.1. The first-order valence-electron chi connectivity index (χ1n) is 26.9. The third-order valence-electron chi connectivity index (χ3n) is 12.2. The number of para-hydroxylation sites is 1. The Bertz CT molecular complexity index is 3540. The zero-order valence-corrected chi connectivity index (χ0v) is 43.0. The van der Waals surface area contributed by atoms with Crippen molar-refractivity contribution in [3.8, 4) is 67.5 Å². The zero-order chi connectivity index (χ0) is 54.7. The molecule has 66 heavy (non-hydrogen) atoms. The van der Waals surface area contributed by atoms with E-state index < -0.39 is 59.2 Å². The summed E-state index contributed by atoms with van der Waals surface area (Å²) in [5.41, 5.74) is 8.55. The first kappa shape index (κ1) is 37.5. The fourth-order valence-corrected chi connectivity index (χ4v) is 8.19. The van der Waals surface area contributed by atoms with Gasteiger partial charge in [-0.25, -0.2) is 4.98 Å². The molecule has 8 rings (SSSR count). The number of nitrogens with zero attached hydrogens (tertiary/aromatic N) is 3. The van der Waals surface area contributed by atoms with Crippen LogP contribution in [0.5, 0.6) is 5.75 Å². The van der Waals surface area contributed by atoms with Crippen LogP contribution in [0.25, 0.3) is 72.7 Å². The van der Waals surface area contributed by atoms with Crippen LogP contribution in [0.3, 0.4) is 0 Å². The maximum absolute atomic E-state index is 12.6. The molecule has 0 amide bonds. The summed E-state index contributed by atoms with van der Waals surface area (Å²) in [6.07, 6.45) is -0.532. The normalized spacial score (nSPS) is 14.5. The second kappa shape index (κ2) is 17.9. The van der Waals surface area contributed by atoms with Crippen molar-refractivity contribution < 1.29 is 38.5 Å². The van der Waals surface area contributed by atoms with E-state index in [0.29, 0.717) is 39.1 Å². The summed E-state index contributed by atoms with van der Waals surface area (Å²) in [5, 5.41) is 12.6. The first-order valence-corrected chi connectivity index (χ1v) is 22.4. The average molecular weight is 1060 g/mol. The third-order valence-corrected chi connectivity index (χ3v) is 12.2. The Labute approximate surface area is 421 Å². The fourth-order valence-electron chi connectivity index (χ4n) is 8.19. The number of phenolic OH excluding ortho intramolecular Hbond substituents is 1. The number of hydrogen-bond acceptors (Lipinski definition) is 3. The second-order valence-electron chi connectivity index (χ2n) is 21.6. The van der Waals surface area contributed by atoms with Gasteiger partial charge >= 0.3 is 0 Å². The number of benzene rings is 6. The number of aromatic nitrogens is 3. The molecule has 0 radical (unpaired) electrons. The first-order chi connectivity index (χ1) is 34.1. The molecule has 2 heterocycles. The number of imidazole rings is 1. The number of hydrogen-bond donors (Lipinski definition) is 1. The molecular weight excluding hydrogens is 986 g/mol. The molecule has 0 bridgehead atoms. The predicted octanol–water partition coefficient (Wildman–Crippen LogP) is 16.6. The smallest absolute Gasteiger partial charge is 0.148 e. The van der Waals surface area contributed by atoms with Gasteiger partial charge in [0.1, 0.15) is 11.6 Å². The number of phenols is 1. The predicted molar refractivity (Wildman–Crippen MR) is 275 cm³/mol. The van der Waals surface area contributed by atoms with Crippen molar-refractivity contribution in [3.63, 3.8) is 0 Å². The van der Waals surface area contributed by atoms with E-state index in [1.807, 2.05) is 62.4 Å². The van der Waals surface area contributed by atoms with Crippen LogP contribution in [0.15, 0.2) is 133 Å². The molecule has 342 valence electrons. The standard InChI is InChI=1S/C61H66N3O.Pt/c1-38(2)41-25-28-53(49(34-41)40-23-26-45(27-24-40)58(3,4)5)64-54-22-18-21-48(55(54)63-57(64)50-36-47(60(9,10)11)37-51(56(50)65)61(12,13)14)43-31-44(33-46(32-43)59(6,7)8)52-35-42(29-30-62-52)39-19-16-15-17-20-39;/h15-30,32-38,65H,1-14H3;/q-1;/i15D,16D,17D,19D,20D,29D,30D,35D,38D;. The van der Waals surface area contributed by atoms with Crippen molar-refractivity contribution in [1.82, 2.24) is 14.5 Å². The number of rotatable bonds is 7. The Morgan fingerprint density at radius 1 is 0.621 bits per heavy atom. The Balaban J connectivity index is 0.00000820. The molecule has 0 aliphatic rings. The summed E-state index contributed by atoms with van der Waals surface area (Å²) in [7, 11) is 0. The van der Waals surface area contributed by atoms with Crippen LogP contribution >= 0.6 is 0 Å². The molecule has 1 N–H and O–H groups in total. The van der Waals surface area contributed by atoms with Gasteiger partial charge in [-0.2, -0.15) is 0 Å². The maximum atomic E-state index is 12.6. The monoisotopic (exact) mass is 1060 g/mol. The van der Waals surface area contributed by atoms with Gasteiger partial charge in [-0.1, -0.05) is 193 Å². The molecule has 5 heteroatoms. The minimum absolute atomic E-state index is 0. The van der Waals surface area contributed by atoms with Gasteiger partial charge in [0.15, 0.2) is 0 Å². The van der Waals surface area contributed by atoms with Gasteiger partial charge in [-0.15, -0.1) is 29.3 Å². The summed E-state index contributed by atoms with van der Waals surface area (Å²) in [4.78, 5) is 10.0. The Morgan fingerprint density at radius 2 is 1.26 bits per heavy atom. The molecule has 0 saturated carbocycles. The molecule has 0 spiro atoms. The van der Waals surface area contributed by atoms with Gasteiger partial charge in [0.25, 0.3) is 0 Å². The Kier molecular flexibility index (Phi) is 10.2. The van der Waals surface area contributed by atoms with Crippen LogP contribution < -0.4 is 0 Å². The zero-order valence-electron chi connectivity index (χ0n) is 49.7. The third kappa shape index (κ3) is 9.63. The van der Waals surface area contributed by atoms with Crippen molar-refractivity contribution >= 4 is 11.0 Å². The van der Waals surface area contributed by atoms with Gasteiger partial charge in [-0.3, -0.25) is 9.55 Å². The molecule has 6 aromatic carbocycles. The quantitative estimate of drug-likeness (QED) is 0.162. The van der Waals surface area contributed by atoms with Crippen molar-refractivity contribution in [3.05, 3.63) is 167 Å². The molecular formula is C61H66N3OPt-. The molecule has 2 aromatic heterocycles. The summed E-state index contributed by atoms with van der Waals surface area (Å²) in [5.74, 6) is -0.328. The van der Waals surface area contributed by atoms with Crippen LogP contribution in [-0.2, 0) is 42.7 Å². The molecule has 0 unspecified atom stereocenters. The fraction of sp³-hybridized carbons (Fsp3) is 0.311. The minimum Gasteiger partial charge on any atom is -0.507 e. The molecule has 0 aliphatic carbocycles. The molecule has 0 atom stereocenters. The van der Waals surface area contributed by atoms with Crippen molar-refractivity contribution in [2.45, 2.75) is 124 Å². The molecule has 8 aromatic rings. The van der Waals surface area contributed by atoms with Gasteiger partial charge in [0.05, 0.1) is 33.3 Å². The number of pyridine rings is 1. The second-order valence-corrected chi connectivity index (χ2v) is 21.6. The van der Waals surface area contributed by atoms with Gasteiger partial charge in [0.2, 0.25) is 0 Å². The van der Waals surface area contributed by atoms with E-state index in [0.717, 1.165) is 39.1 Å². The topological polar surface area (TPSA) is 50.9 Å². The van der Waals surface area contributed by atoms with Crippen LogP contribution in [0.4, 0.5) is 0 Å². The summed E-state index contributed by atoms with van der Waals surface area (Å²) >= 11 is 0. The molecule has 0 aliphatic heterocycles. The van der Waals surface area contributed by atoms with E-state index in [2.05, 4.69) is 135 Å². The summed E-state index contributed by atoms with van der Waals surface area (Å²) in [6, 6.07) is 28.1. The van der Waals surface area contributed by atoms with Crippen molar-refractivity contribution in [1.29, 1.82) is 0 Å². The van der Waals surface area contributed by atoms with Crippen LogP contribution in [0.1, 0.15) is 143 Å². The van der Waals surface area contributed by atoms with Crippen molar-refractivity contribution in [2.24, 2.45) is 0 Å². The van der Waals surface area contributed by atoms with Gasteiger partial charge < -0.3 is 5.11 Å².